The van der Waals surface area contributed by atoms with Crippen LogP contribution in [0.2, 0.25) is 0 Å². The van der Waals surface area contributed by atoms with Crippen molar-refractivity contribution in [3.8, 4) is 11.1 Å². The van der Waals surface area contributed by atoms with Crippen molar-refractivity contribution < 1.29 is 18.0 Å². The van der Waals surface area contributed by atoms with Crippen LogP contribution in [0.5, 0.6) is 0 Å². The SMILES string of the molecule is Cc1ccc(NC(=O)C(C)(C)C)c(-c2ccc(C(F)(F)F)cc2)c1. The van der Waals surface area contributed by atoms with E-state index in [0.717, 1.165) is 17.7 Å². The van der Waals surface area contributed by atoms with Gasteiger partial charge in [0.25, 0.3) is 0 Å². The number of alkyl halides is 3. The second-order valence-corrected chi connectivity index (χ2v) is 6.83. The minimum atomic E-state index is -4.37. The lowest BCUT2D eigenvalue weighted by Gasteiger charge is -2.20. The summed E-state index contributed by atoms with van der Waals surface area (Å²) in [6.07, 6.45) is -4.37. The largest absolute Gasteiger partial charge is 0.416 e. The Balaban J connectivity index is 2.42. The number of carbonyl (C=O) groups excluding carboxylic acids is 1. The first kappa shape index (κ1) is 18.0. The van der Waals surface area contributed by atoms with E-state index in [1.807, 2.05) is 19.1 Å². The third kappa shape index (κ3) is 4.16. The summed E-state index contributed by atoms with van der Waals surface area (Å²) >= 11 is 0. The smallest absolute Gasteiger partial charge is 0.325 e. The molecule has 2 aromatic rings. The molecule has 0 saturated heterocycles. The zero-order chi connectivity index (χ0) is 18.1. The van der Waals surface area contributed by atoms with Gasteiger partial charge in [0.05, 0.1) is 5.56 Å². The van der Waals surface area contributed by atoms with Crippen molar-refractivity contribution in [2.75, 3.05) is 5.32 Å². The first-order chi connectivity index (χ1) is 11.0. The third-order valence-corrected chi connectivity index (χ3v) is 3.63. The molecule has 1 N–H and O–H groups in total. The van der Waals surface area contributed by atoms with Crippen LogP contribution in [0.1, 0.15) is 31.9 Å². The van der Waals surface area contributed by atoms with Crippen LogP contribution in [-0.4, -0.2) is 5.91 Å². The summed E-state index contributed by atoms with van der Waals surface area (Å²) in [4.78, 5) is 12.2. The molecule has 0 atom stereocenters. The van der Waals surface area contributed by atoms with Gasteiger partial charge in [-0.2, -0.15) is 13.2 Å². The van der Waals surface area contributed by atoms with Gasteiger partial charge in [0, 0.05) is 16.7 Å². The minimum Gasteiger partial charge on any atom is -0.325 e. The van der Waals surface area contributed by atoms with Crippen molar-refractivity contribution in [2.24, 2.45) is 5.41 Å². The molecular formula is C19H20F3NO. The van der Waals surface area contributed by atoms with Gasteiger partial charge in [-0.15, -0.1) is 0 Å². The number of benzene rings is 2. The van der Waals surface area contributed by atoms with Crippen molar-refractivity contribution in [2.45, 2.75) is 33.9 Å². The van der Waals surface area contributed by atoms with Crippen LogP contribution >= 0.6 is 0 Å². The highest BCUT2D eigenvalue weighted by molar-refractivity contribution is 5.98. The Labute approximate surface area is 139 Å². The van der Waals surface area contributed by atoms with Gasteiger partial charge >= 0.3 is 6.18 Å². The zero-order valence-electron chi connectivity index (χ0n) is 14.1. The maximum absolute atomic E-state index is 12.7. The maximum atomic E-state index is 12.7. The Bertz CT molecular complexity index is 741. The van der Waals surface area contributed by atoms with E-state index >= 15 is 0 Å². The molecule has 0 aromatic heterocycles. The molecule has 0 spiro atoms. The van der Waals surface area contributed by atoms with Crippen LogP contribution in [-0.2, 0) is 11.0 Å². The van der Waals surface area contributed by atoms with E-state index in [1.165, 1.54) is 12.1 Å². The van der Waals surface area contributed by atoms with Gasteiger partial charge in [0.15, 0.2) is 0 Å². The highest BCUT2D eigenvalue weighted by atomic mass is 19.4. The highest BCUT2D eigenvalue weighted by Gasteiger charge is 2.30. The average molecular weight is 335 g/mol. The predicted molar refractivity (Wildman–Crippen MR) is 89.7 cm³/mol. The van der Waals surface area contributed by atoms with Crippen LogP contribution in [0.3, 0.4) is 0 Å². The predicted octanol–water partition coefficient (Wildman–Crippen LogP) is 5.67. The molecule has 0 aliphatic heterocycles. The second-order valence-electron chi connectivity index (χ2n) is 6.83. The van der Waals surface area contributed by atoms with E-state index in [9.17, 15) is 18.0 Å². The van der Waals surface area contributed by atoms with Crippen molar-refractivity contribution in [1.29, 1.82) is 0 Å². The Morgan fingerprint density at radius 2 is 1.54 bits per heavy atom. The van der Waals surface area contributed by atoms with Crippen molar-refractivity contribution in [1.82, 2.24) is 0 Å². The topological polar surface area (TPSA) is 29.1 Å². The fraction of sp³-hybridized carbons (Fsp3) is 0.316. The Morgan fingerprint density at radius 1 is 0.958 bits per heavy atom. The first-order valence-corrected chi connectivity index (χ1v) is 7.58. The molecule has 0 bridgehead atoms. The standard InChI is InChI=1S/C19H20F3NO/c1-12-5-10-16(23-17(24)18(2,3)4)15(11-12)13-6-8-14(9-7-13)19(20,21)22/h5-11H,1-4H3,(H,23,24). The van der Waals surface area contributed by atoms with Crippen molar-refractivity contribution >= 4 is 11.6 Å². The molecule has 0 fully saturated rings. The van der Waals surface area contributed by atoms with Gasteiger partial charge in [-0.3, -0.25) is 4.79 Å². The molecule has 0 aliphatic rings. The fourth-order valence-corrected chi connectivity index (χ4v) is 2.15. The Kier molecular flexibility index (Phi) is 4.74. The summed E-state index contributed by atoms with van der Waals surface area (Å²) in [6.45, 7) is 7.29. The van der Waals surface area contributed by atoms with Crippen LogP contribution in [0.25, 0.3) is 11.1 Å². The van der Waals surface area contributed by atoms with E-state index in [4.69, 9.17) is 0 Å². The van der Waals surface area contributed by atoms with Crippen LogP contribution < -0.4 is 5.32 Å². The first-order valence-electron chi connectivity index (χ1n) is 7.58. The van der Waals surface area contributed by atoms with Crippen molar-refractivity contribution in [3.05, 3.63) is 53.6 Å². The average Bonchev–Trinajstić information content (AvgIpc) is 2.47. The van der Waals surface area contributed by atoms with E-state index < -0.39 is 17.2 Å². The molecule has 0 aliphatic carbocycles. The van der Waals surface area contributed by atoms with E-state index in [2.05, 4.69) is 5.32 Å². The van der Waals surface area contributed by atoms with Gasteiger partial charge in [-0.25, -0.2) is 0 Å². The third-order valence-electron chi connectivity index (χ3n) is 3.63. The lowest BCUT2D eigenvalue weighted by Crippen LogP contribution is -2.27. The summed E-state index contributed by atoms with van der Waals surface area (Å²) < 4.78 is 38.1. The number of halogens is 3. The summed E-state index contributed by atoms with van der Waals surface area (Å²) in [5.41, 5.74) is 1.60. The van der Waals surface area contributed by atoms with E-state index in [1.54, 1.807) is 26.8 Å². The molecule has 0 heterocycles. The molecule has 2 nitrogen and oxygen atoms in total. The number of anilines is 1. The second kappa shape index (κ2) is 6.30. The summed E-state index contributed by atoms with van der Waals surface area (Å²) in [5.74, 6) is -0.153. The van der Waals surface area contributed by atoms with Gasteiger partial charge in [0.2, 0.25) is 5.91 Å². The highest BCUT2D eigenvalue weighted by Crippen LogP contribution is 2.34. The molecule has 1 amide bonds. The normalized spacial score (nSPS) is 12.1. The molecule has 0 saturated carbocycles. The number of carbonyl (C=O) groups is 1. The molecule has 128 valence electrons. The van der Waals surface area contributed by atoms with Crippen LogP contribution in [0, 0.1) is 12.3 Å². The number of hydrogen-bond acceptors (Lipinski definition) is 1. The Morgan fingerprint density at radius 3 is 2.04 bits per heavy atom. The fourth-order valence-electron chi connectivity index (χ4n) is 2.15. The number of amides is 1. The molecule has 24 heavy (non-hydrogen) atoms. The summed E-state index contributed by atoms with van der Waals surface area (Å²) in [6, 6.07) is 10.4. The van der Waals surface area contributed by atoms with Gasteiger partial charge in [-0.1, -0.05) is 44.5 Å². The lowest BCUT2D eigenvalue weighted by atomic mass is 9.94. The quantitative estimate of drug-likeness (QED) is 0.753. The van der Waals surface area contributed by atoms with E-state index in [0.29, 0.717) is 16.8 Å². The van der Waals surface area contributed by atoms with Crippen molar-refractivity contribution in [3.63, 3.8) is 0 Å². The maximum Gasteiger partial charge on any atom is 0.416 e. The molecule has 2 rings (SSSR count). The monoisotopic (exact) mass is 335 g/mol. The van der Waals surface area contributed by atoms with Gasteiger partial charge in [0.1, 0.15) is 0 Å². The molecule has 2 aromatic carbocycles. The van der Waals surface area contributed by atoms with Crippen LogP contribution in [0.15, 0.2) is 42.5 Å². The van der Waals surface area contributed by atoms with E-state index in [-0.39, 0.29) is 5.91 Å². The molecular weight excluding hydrogens is 315 g/mol. The molecule has 0 radical (unpaired) electrons. The van der Waals surface area contributed by atoms with Gasteiger partial charge in [-0.05, 0) is 36.8 Å². The Hall–Kier alpha value is -2.30. The molecule has 0 unspecified atom stereocenters. The lowest BCUT2D eigenvalue weighted by molar-refractivity contribution is -0.137. The van der Waals surface area contributed by atoms with Gasteiger partial charge < -0.3 is 5.32 Å². The van der Waals surface area contributed by atoms with Crippen LogP contribution in [0.4, 0.5) is 18.9 Å². The number of aryl methyl sites for hydroxylation is 1. The number of nitrogens with one attached hydrogen (secondary N) is 1. The molecule has 5 heteroatoms. The zero-order valence-corrected chi connectivity index (χ0v) is 14.1. The number of rotatable bonds is 2. The minimum absolute atomic E-state index is 0.153. The number of hydrogen-bond donors (Lipinski definition) is 1. The summed E-state index contributed by atoms with van der Waals surface area (Å²) in [7, 11) is 0. The summed E-state index contributed by atoms with van der Waals surface area (Å²) in [5, 5.41) is 2.86.